The molecule has 5 amide bonds. The molecule has 12 heteroatoms. The van der Waals surface area contributed by atoms with Crippen molar-refractivity contribution in [1.82, 2.24) is 30.8 Å². The van der Waals surface area contributed by atoms with E-state index in [9.17, 15) is 19.2 Å². The average Bonchev–Trinajstić information content (AvgIpc) is 3.19. The number of urea groups is 1. The lowest BCUT2D eigenvalue weighted by Gasteiger charge is -2.23. The fourth-order valence-corrected chi connectivity index (χ4v) is 4.40. The number of benzene rings is 1. The third-order valence-electron chi connectivity index (χ3n) is 6.05. The van der Waals surface area contributed by atoms with Gasteiger partial charge in [-0.05, 0) is 57.0 Å². The van der Waals surface area contributed by atoms with Gasteiger partial charge in [0.2, 0.25) is 11.8 Å². The molecule has 0 aliphatic carbocycles. The molecule has 1 saturated heterocycles. The number of hydrogen-bond acceptors (Lipinski definition) is 7. The molecule has 0 spiro atoms. The average molecular weight is 539 g/mol. The van der Waals surface area contributed by atoms with E-state index in [4.69, 9.17) is 9.47 Å². The van der Waals surface area contributed by atoms with Gasteiger partial charge in [-0.1, -0.05) is 6.07 Å². The van der Waals surface area contributed by atoms with Crippen molar-refractivity contribution >= 4 is 45.9 Å². The first-order valence-electron chi connectivity index (χ1n) is 12.9. The summed E-state index contributed by atoms with van der Waals surface area (Å²) in [6, 6.07) is 8.70. The summed E-state index contributed by atoms with van der Waals surface area (Å²) in [6.45, 7) is 6.87. The van der Waals surface area contributed by atoms with E-state index in [1.165, 1.54) is 0 Å². The summed E-state index contributed by atoms with van der Waals surface area (Å²) in [6.07, 6.45) is 1.86. The molecular formula is C27H34N6O6. The van der Waals surface area contributed by atoms with E-state index >= 15 is 0 Å². The summed E-state index contributed by atoms with van der Waals surface area (Å²) in [5.74, 6) is -0.597. The van der Waals surface area contributed by atoms with Gasteiger partial charge >= 0.3 is 12.1 Å². The normalized spacial score (nSPS) is 15.7. The lowest BCUT2D eigenvalue weighted by atomic mass is 10.1. The molecule has 208 valence electrons. The largest absolute Gasteiger partial charge is 0.444 e. The zero-order valence-corrected chi connectivity index (χ0v) is 22.3. The lowest BCUT2D eigenvalue weighted by Crippen LogP contribution is -2.41. The molecule has 1 fully saturated rings. The van der Waals surface area contributed by atoms with Crippen molar-refractivity contribution in [2.24, 2.45) is 0 Å². The van der Waals surface area contributed by atoms with Crippen LogP contribution in [0.4, 0.5) is 9.59 Å². The standard InChI is InChI=1S/C27H34N6O6/c1-27(2,3)39-26(37)30-12-14-38-13-11-29-25(36)31-16-17-6-7-20-19(15-17)18-5-4-10-28-23(18)33(20)21-8-9-22(34)32-24(21)35/h4-7,10,15,21H,8-9,11-14,16H2,1-3H3,(H,30,37)(H2,29,31,36)(H,32,34,35). The minimum Gasteiger partial charge on any atom is -0.444 e. The molecule has 3 aromatic rings. The SMILES string of the molecule is CC(C)(C)OC(=O)NCCOCCNC(=O)NCc1ccc2c(c1)c1cccnc1n2C1CCC(=O)NC1=O. The van der Waals surface area contributed by atoms with E-state index in [-0.39, 0.29) is 24.3 Å². The summed E-state index contributed by atoms with van der Waals surface area (Å²) in [4.78, 5) is 52.6. The number of carbonyl (C=O) groups is 4. The molecule has 12 nitrogen and oxygen atoms in total. The molecule has 4 N–H and O–H groups in total. The van der Waals surface area contributed by atoms with Crippen molar-refractivity contribution in [2.45, 2.75) is 51.8 Å². The van der Waals surface area contributed by atoms with Crippen LogP contribution in [0.2, 0.25) is 0 Å². The minimum atomic E-state index is -0.556. The first-order chi connectivity index (χ1) is 18.6. The first kappa shape index (κ1) is 27.8. The Hall–Kier alpha value is -4.19. The van der Waals surface area contributed by atoms with Gasteiger partial charge < -0.3 is 30.0 Å². The highest BCUT2D eigenvalue weighted by atomic mass is 16.6. The fourth-order valence-electron chi connectivity index (χ4n) is 4.40. The van der Waals surface area contributed by atoms with Crippen LogP contribution < -0.4 is 21.3 Å². The second-order valence-corrected chi connectivity index (χ2v) is 10.2. The molecule has 0 bridgehead atoms. The third kappa shape index (κ3) is 7.23. The number of fused-ring (bicyclic) bond motifs is 3. The van der Waals surface area contributed by atoms with Gasteiger partial charge in [-0.3, -0.25) is 14.9 Å². The Morgan fingerprint density at radius 2 is 1.85 bits per heavy atom. The Balaban J connectivity index is 1.28. The zero-order valence-electron chi connectivity index (χ0n) is 22.3. The maximum absolute atomic E-state index is 12.6. The van der Waals surface area contributed by atoms with Crippen LogP contribution in [-0.4, -0.2) is 65.4 Å². The molecule has 4 rings (SSSR count). The van der Waals surface area contributed by atoms with E-state index < -0.39 is 17.7 Å². The van der Waals surface area contributed by atoms with Gasteiger partial charge in [-0.15, -0.1) is 0 Å². The van der Waals surface area contributed by atoms with E-state index in [0.717, 1.165) is 21.9 Å². The number of imide groups is 1. The van der Waals surface area contributed by atoms with Crippen molar-refractivity contribution in [1.29, 1.82) is 0 Å². The van der Waals surface area contributed by atoms with E-state index in [0.29, 0.717) is 44.9 Å². The van der Waals surface area contributed by atoms with Crippen molar-refractivity contribution in [3.8, 4) is 0 Å². The second-order valence-electron chi connectivity index (χ2n) is 10.2. The van der Waals surface area contributed by atoms with Crippen molar-refractivity contribution < 1.29 is 28.7 Å². The molecular weight excluding hydrogens is 504 g/mol. The van der Waals surface area contributed by atoms with Crippen LogP contribution in [0.1, 0.15) is 45.2 Å². The molecule has 1 aromatic carbocycles. The van der Waals surface area contributed by atoms with Crippen LogP contribution in [0.3, 0.4) is 0 Å². The Morgan fingerprint density at radius 1 is 1.08 bits per heavy atom. The van der Waals surface area contributed by atoms with Gasteiger partial charge in [0.15, 0.2) is 0 Å². The summed E-state index contributed by atoms with van der Waals surface area (Å²) < 4.78 is 12.4. The maximum Gasteiger partial charge on any atom is 0.407 e. The van der Waals surface area contributed by atoms with Gasteiger partial charge in [0, 0.05) is 43.0 Å². The highest BCUT2D eigenvalue weighted by Crippen LogP contribution is 2.33. The van der Waals surface area contributed by atoms with Crippen LogP contribution in [0.5, 0.6) is 0 Å². The predicted octanol–water partition coefficient (Wildman–Crippen LogP) is 2.51. The maximum atomic E-state index is 12.6. The number of carbonyl (C=O) groups excluding carboxylic acids is 4. The number of aromatic nitrogens is 2. The second kappa shape index (κ2) is 12.1. The van der Waals surface area contributed by atoms with Gasteiger partial charge in [-0.2, -0.15) is 0 Å². The van der Waals surface area contributed by atoms with Gasteiger partial charge in [0.1, 0.15) is 17.3 Å². The molecule has 39 heavy (non-hydrogen) atoms. The van der Waals surface area contributed by atoms with Crippen LogP contribution in [-0.2, 0) is 25.6 Å². The van der Waals surface area contributed by atoms with Crippen molar-refractivity contribution in [2.75, 3.05) is 26.3 Å². The Bertz CT molecular complexity index is 1380. The zero-order chi connectivity index (χ0) is 28.0. The number of amides is 5. The van der Waals surface area contributed by atoms with Gasteiger partial charge in [-0.25, -0.2) is 14.6 Å². The summed E-state index contributed by atoms with van der Waals surface area (Å²) in [5.41, 5.74) is 1.84. The van der Waals surface area contributed by atoms with Crippen LogP contribution >= 0.6 is 0 Å². The van der Waals surface area contributed by atoms with E-state index in [1.54, 1.807) is 27.0 Å². The molecule has 3 heterocycles. The number of pyridine rings is 1. The number of hydrogen-bond donors (Lipinski definition) is 4. The van der Waals surface area contributed by atoms with E-state index in [1.807, 2.05) is 34.9 Å². The molecule has 0 radical (unpaired) electrons. The molecule has 1 unspecified atom stereocenters. The van der Waals surface area contributed by atoms with Gasteiger partial charge in [0.25, 0.3) is 0 Å². The highest BCUT2D eigenvalue weighted by molar-refractivity contribution is 6.09. The smallest absolute Gasteiger partial charge is 0.407 e. The first-order valence-corrected chi connectivity index (χ1v) is 12.9. The topological polar surface area (TPSA) is 153 Å². The monoisotopic (exact) mass is 538 g/mol. The van der Waals surface area contributed by atoms with Crippen molar-refractivity contribution in [3.63, 3.8) is 0 Å². The number of ether oxygens (including phenoxy) is 2. The Labute approximate surface area is 225 Å². The third-order valence-corrected chi connectivity index (χ3v) is 6.05. The van der Waals surface area contributed by atoms with E-state index in [2.05, 4.69) is 26.3 Å². The number of rotatable bonds is 9. The molecule has 1 atom stereocenters. The van der Waals surface area contributed by atoms with Gasteiger partial charge in [0.05, 0.1) is 18.7 Å². The summed E-state index contributed by atoms with van der Waals surface area (Å²) >= 11 is 0. The summed E-state index contributed by atoms with van der Waals surface area (Å²) in [7, 11) is 0. The number of alkyl carbamates (subject to hydrolysis) is 1. The number of nitrogens with one attached hydrogen (secondary N) is 4. The minimum absolute atomic E-state index is 0.265. The molecule has 1 aliphatic heterocycles. The number of piperidine rings is 1. The molecule has 2 aromatic heterocycles. The molecule has 1 aliphatic rings. The van der Waals surface area contributed by atoms with Crippen molar-refractivity contribution in [3.05, 3.63) is 42.1 Å². The predicted molar refractivity (Wildman–Crippen MR) is 144 cm³/mol. The van der Waals surface area contributed by atoms with Crippen LogP contribution in [0.25, 0.3) is 21.9 Å². The highest BCUT2D eigenvalue weighted by Gasteiger charge is 2.30. The van der Waals surface area contributed by atoms with Crippen LogP contribution in [0, 0.1) is 0 Å². The number of nitrogens with zero attached hydrogens (tertiary/aromatic N) is 2. The van der Waals surface area contributed by atoms with Crippen LogP contribution in [0.15, 0.2) is 36.5 Å². The fraction of sp³-hybridized carbons (Fsp3) is 0.444. The molecule has 0 saturated carbocycles. The lowest BCUT2D eigenvalue weighted by molar-refractivity contribution is -0.135. The summed E-state index contributed by atoms with van der Waals surface area (Å²) in [5, 5.41) is 12.4. The Morgan fingerprint density at radius 3 is 2.59 bits per heavy atom. The quantitative estimate of drug-likeness (QED) is 0.241. The Kier molecular flexibility index (Phi) is 8.65.